The molecule has 0 radical (unpaired) electrons. The maximum Gasteiger partial charge on any atom is 0.341 e. The fourth-order valence-corrected chi connectivity index (χ4v) is 2.04. The van der Waals surface area contributed by atoms with Crippen molar-refractivity contribution >= 4 is 17.7 Å². The summed E-state index contributed by atoms with van der Waals surface area (Å²) >= 11 is 0. The molecule has 7 heteroatoms. The summed E-state index contributed by atoms with van der Waals surface area (Å²) < 4.78 is 19.9. The lowest BCUT2D eigenvalue weighted by molar-refractivity contribution is 0.0527. The van der Waals surface area contributed by atoms with Gasteiger partial charge >= 0.3 is 12.0 Å². The predicted molar refractivity (Wildman–Crippen MR) is 88.9 cm³/mol. The highest BCUT2D eigenvalue weighted by atomic mass is 19.1. The number of ether oxygens (including phenoxy) is 1. The quantitative estimate of drug-likeness (QED) is 0.631. The SMILES string of the molecule is C=CCNC(=O)Nc1cn(-c2cccc(F)c2)cc1C(=O)OCC. The summed E-state index contributed by atoms with van der Waals surface area (Å²) in [6.07, 6.45) is 4.54. The molecular formula is C17H18FN3O3. The molecule has 0 saturated carbocycles. The largest absolute Gasteiger partial charge is 0.462 e. The van der Waals surface area contributed by atoms with Crippen molar-refractivity contribution in [2.24, 2.45) is 0 Å². The lowest BCUT2D eigenvalue weighted by Crippen LogP contribution is -2.29. The summed E-state index contributed by atoms with van der Waals surface area (Å²) in [6.45, 7) is 5.67. The molecule has 0 bridgehead atoms. The molecular weight excluding hydrogens is 313 g/mol. The van der Waals surface area contributed by atoms with Gasteiger partial charge in [-0.3, -0.25) is 0 Å². The Labute approximate surface area is 138 Å². The molecule has 2 aromatic rings. The van der Waals surface area contributed by atoms with E-state index in [1.807, 2.05) is 0 Å². The smallest absolute Gasteiger partial charge is 0.341 e. The van der Waals surface area contributed by atoms with Crippen LogP contribution in [-0.4, -0.2) is 29.7 Å². The van der Waals surface area contributed by atoms with Crippen LogP contribution in [0, 0.1) is 5.82 Å². The number of benzene rings is 1. The van der Waals surface area contributed by atoms with Gasteiger partial charge in [0, 0.05) is 24.6 Å². The van der Waals surface area contributed by atoms with Gasteiger partial charge in [-0.25, -0.2) is 14.0 Å². The Morgan fingerprint density at radius 2 is 2.17 bits per heavy atom. The summed E-state index contributed by atoms with van der Waals surface area (Å²) in [6, 6.07) is 5.38. The summed E-state index contributed by atoms with van der Waals surface area (Å²) in [4.78, 5) is 23.9. The van der Waals surface area contributed by atoms with Crippen LogP contribution in [0.5, 0.6) is 0 Å². The number of nitrogens with one attached hydrogen (secondary N) is 2. The third-order valence-corrected chi connectivity index (χ3v) is 3.08. The highest BCUT2D eigenvalue weighted by Gasteiger charge is 2.18. The minimum atomic E-state index is -0.577. The van der Waals surface area contributed by atoms with E-state index >= 15 is 0 Å². The third-order valence-electron chi connectivity index (χ3n) is 3.08. The number of aromatic nitrogens is 1. The molecule has 1 aromatic carbocycles. The number of nitrogens with zero attached hydrogens (tertiary/aromatic N) is 1. The maximum atomic E-state index is 13.4. The average molecular weight is 331 g/mol. The molecule has 24 heavy (non-hydrogen) atoms. The predicted octanol–water partition coefficient (Wildman–Crippen LogP) is 3.10. The maximum absolute atomic E-state index is 13.4. The summed E-state index contributed by atoms with van der Waals surface area (Å²) in [5.41, 5.74) is 0.953. The van der Waals surface area contributed by atoms with Gasteiger partial charge in [0.05, 0.1) is 12.3 Å². The first kappa shape index (κ1) is 17.3. The summed E-state index contributed by atoms with van der Waals surface area (Å²) in [5.74, 6) is -0.983. The van der Waals surface area contributed by atoms with E-state index in [9.17, 15) is 14.0 Å². The fourth-order valence-electron chi connectivity index (χ4n) is 2.04. The Morgan fingerprint density at radius 3 is 2.83 bits per heavy atom. The van der Waals surface area contributed by atoms with Gasteiger partial charge in [0.25, 0.3) is 0 Å². The van der Waals surface area contributed by atoms with E-state index in [0.717, 1.165) is 0 Å². The molecule has 0 aliphatic rings. The zero-order valence-electron chi connectivity index (χ0n) is 13.2. The minimum Gasteiger partial charge on any atom is -0.462 e. The van der Waals surface area contributed by atoms with Gasteiger partial charge in [0.15, 0.2) is 0 Å². The molecule has 0 aliphatic heterocycles. The summed E-state index contributed by atoms with van der Waals surface area (Å²) in [7, 11) is 0. The van der Waals surface area contributed by atoms with Crippen LogP contribution in [0.15, 0.2) is 49.3 Å². The van der Waals surface area contributed by atoms with Crippen LogP contribution in [0.4, 0.5) is 14.9 Å². The van der Waals surface area contributed by atoms with Crippen molar-refractivity contribution in [3.05, 3.63) is 60.7 Å². The molecule has 0 fully saturated rings. The number of anilines is 1. The molecule has 0 spiro atoms. The first-order chi connectivity index (χ1) is 11.5. The number of carbonyl (C=O) groups excluding carboxylic acids is 2. The zero-order chi connectivity index (χ0) is 17.5. The molecule has 126 valence electrons. The van der Waals surface area contributed by atoms with Crippen molar-refractivity contribution < 1.29 is 18.7 Å². The van der Waals surface area contributed by atoms with Crippen molar-refractivity contribution in [3.63, 3.8) is 0 Å². The van der Waals surface area contributed by atoms with Crippen molar-refractivity contribution in [2.45, 2.75) is 6.92 Å². The van der Waals surface area contributed by atoms with Gasteiger partial charge in [-0.2, -0.15) is 0 Å². The van der Waals surface area contributed by atoms with Gasteiger partial charge in [-0.15, -0.1) is 6.58 Å². The number of urea groups is 1. The van der Waals surface area contributed by atoms with Crippen LogP contribution >= 0.6 is 0 Å². The van der Waals surface area contributed by atoms with Crippen molar-refractivity contribution in [1.82, 2.24) is 9.88 Å². The number of esters is 1. The van der Waals surface area contributed by atoms with Crippen LogP contribution in [0.2, 0.25) is 0 Å². The second kappa shape index (κ2) is 7.96. The lowest BCUT2D eigenvalue weighted by atomic mass is 10.3. The number of hydrogen-bond donors (Lipinski definition) is 2. The van der Waals surface area contributed by atoms with Crippen molar-refractivity contribution in [3.8, 4) is 5.69 Å². The van der Waals surface area contributed by atoms with Gasteiger partial charge in [-0.1, -0.05) is 12.1 Å². The first-order valence-electron chi connectivity index (χ1n) is 7.36. The third kappa shape index (κ3) is 4.22. The lowest BCUT2D eigenvalue weighted by Gasteiger charge is -2.06. The Morgan fingerprint density at radius 1 is 1.38 bits per heavy atom. The second-order valence-corrected chi connectivity index (χ2v) is 4.82. The van der Waals surface area contributed by atoms with E-state index in [-0.39, 0.29) is 24.4 Å². The highest BCUT2D eigenvalue weighted by Crippen LogP contribution is 2.22. The minimum absolute atomic E-state index is 0.176. The Balaban J connectivity index is 2.34. The molecule has 6 nitrogen and oxygen atoms in total. The van der Waals surface area contributed by atoms with Gasteiger partial charge in [0.1, 0.15) is 11.4 Å². The molecule has 1 heterocycles. The molecule has 1 aromatic heterocycles. The van der Waals surface area contributed by atoms with Crippen LogP contribution in [-0.2, 0) is 4.74 Å². The molecule has 0 aliphatic carbocycles. The molecule has 0 unspecified atom stereocenters. The van der Waals surface area contributed by atoms with E-state index in [0.29, 0.717) is 5.69 Å². The van der Waals surface area contributed by atoms with E-state index in [4.69, 9.17) is 4.74 Å². The van der Waals surface area contributed by atoms with Crippen LogP contribution in [0.3, 0.4) is 0 Å². The summed E-state index contributed by atoms with van der Waals surface area (Å²) in [5, 5.41) is 5.12. The van der Waals surface area contributed by atoms with Gasteiger partial charge in [-0.05, 0) is 25.1 Å². The number of hydrogen-bond acceptors (Lipinski definition) is 3. The Hall–Kier alpha value is -3.09. The zero-order valence-corrected chi connectivity index (χ0v) is 13.2. The van der Waals surface area contributed by atoms with Gasteiger partial charge < -0.3 is 19.9 Å². The Bertz CT molecular complexity index is 755. The van der Waals surface area contributed by atoms with Crippen LogP contribution in [0.1, 0.15) is 17.3 Å². The van der Waals surface area contributed by atoms with E-state index in [1.165, 1.54) is 30.6 Å². The second-order valence-electron chi connectivity index (χ2n) is 4.82. The van der Waals surface area contributed by atoms with Crippen molar-refractivity contribution in [2.75, 3.05) is 18.5 Å². The Kier molecular flexibility index (Phi) is 5.73. The van der Waals surface area contributed by atoms with Gasteiger partial charge in [0.2, 0.25) is 0 Å². The van der Waals surface area contributed by atoms with E-state index in [2.05, 4.69) is 17.2 Å². The topological polar surface area (TPSA) is 72.4 Å². The number of amides is 2. The van der Waals surface area contributed by atoms with Crippen LogP contribution in [0.25, 0.3) is 5.69 Å². The molecule has 0 saturated heterocycles. The molecule has 2 N–H and O–H groups in total. The molecule has 0 atom stereocenters. The molecule has 2 amide bonds. The normalized spacial score (nSPS) is 10.1. The van der Waals surface area contributed by atoms with E-state index < -0.39 is 17.8 Å². The van der Waals surface area contributed by atoms with Crippen molar-refractivity contribution in [1.29, 1.82) is 0 Å². The van der Waals surface area contributed by atoms with E-state index in [1.54, 1.807) is 23.6 Å². The fraction of sp³-hybridized carbons (Fsp3) is 0.176. The number of halogens is 1. The highest BCUT2D eigenvalue weighted by molar-refractivity contribution is 6.01. The first-order valence-corrected chi connectivity index (χ1v) is 7.36. The average Bonchev–Trinajstić information content (AvgIpc) is 2.97. The standard InChI is InChI=1S/C17H18FN3O3/c1-3-8-19-17(23)20-15-11-21(10-14(15)16(22)24-4-2)13-7-5-6-12(18)9-13/h3,5-7,9-11H,1,4,8H2,2H3,(H2,19,20,23). The number of carbonyl (C=O) groups is 2. The molecule has 2 rings (SSSR count). The monoisotopic (exact) mass is 331 g/mol. The van der Waals surface area contributed by atoms with Crippen LogP contribution < -0.4 is 10.6 Å². The number of rotatable bonds is 6.